The Hall–Kier alpha value is -1.31. The molecule has 0 bridgehead atoms. The fourth-order valence-electron chi connectivity index (χ4n) is 0.798. The number of allylic oxidation sites excluding steroid dienone is 1. The van der Waals surface area contributed by atoms with Crippen LogP contribution in [0.2, 0.25) is 0 Å². The Morgan fingerprint density at radius 3 is 2.58 bits per heavy atom. The molecule has 0 aliphatic heterocycles. The number of alkyl halides is 1. The SMILES string of the molecule is C=C(CF)OCc1ccccc1. The van der Waals surface area contributed by atoms with E-state index in [1.807, 2.05) is 30.3 Å². The van der Waals surface area contributed by atoms with Gasteiger partial charge in [-0.05, 0) is 5.56 Å². The van der Waals surface area contributed by atoms with Crippen molar-refractivity contribution in [3.05, 3.63) is 48.2 Å². The Kier molecular flexibility index (Phi) is 3.33. The lowest BCUT2D eigenvalue weighted by molar-refractivity contribution is 0.179. The first-order valence-corrected chi connectivity index (χ1v) is 3.73. The minimum Gasteiger partial charge on any atom is -0.491 e. The molecule has 0 spiro atoms. The molecule has 0 aliphatic carbocycles. The van der Waals surface area contributed by atoms with Crippen LogP contribution in [0.1, 0.15) is 5.56 Å². The van der Waals surface area contributed by atoms with Gasteiger partial charge in [-0.3, -0.25) is 0 Å². The third-order valence-corrected chi connectivity index (χ3v) is 1.43. The van der Waals surface area contributed by atoms with Gasteiger partial charge in [0.05, 0.1) is 0 Å². The van der Waals surface area contributed by atoms with Crippen molar-refractivity contribution in [1.29, 1.82) is 0 Å². The van der Waals surface area contributed by atoms with Crippen LogP contribution in [-0.4, -0.2) is 6.67 Å². The van der Waals surface area contributed by atoms with Crippen molar-refractivity contribution >= 4 is 0 Å². The molecule has 1 aromatic carbocycles. The van der Waals surface area contributed by atoms with E-state index in [1.54, 1.807) is 0 Å². The van der Waals surface area contributed by atoms with E-state index in [4.69, 9.17) is 4.74 Å². The zero-order chi connectivity index (χ0) is 8.81. The van der Waals surface area contributed by atoms with Crippen LogP contribution in [0.25, 0.3) is 0 Å². The third-order valence-electron chi connectivity index (χ3n) is 1.43. The van der Waals surface area contributed by atoms with Gasteiger partial charge in [0.2, 0.25) is 0 Å². The van der Waals surface area contributed by atoms with Crippen LogP contribution in [-0.2, 0) is 11.3 Å². The van der Waals surface area contributed by atoms with Crippen molar-refractivity contribution in [2.24, 2.45) is 0 Å². The Balaban J connectivity index is 2.38. The van der Waals surface area contributed by atoms with Crippen molar-refractivity contribution in [2.45, 2.75) is 6.61 Å². The molecule has 1 aromatic rings. The monoisotopic (exact) mass is 166 g/mol. The number of benzene rings is 1. The highest BCUT2D eigenvalue weighted by Crippen LogP contribution is 2.04. The van der Waals surface area contributed by atoms with E-state index in [0.717, 1.165) is 5.56 Å². The first-order chi connectivity index (χ1) is 5.83. The van der Waals surface area contributed by atoms with Crippen LogP contribution >= 0.6 is 0 Å². The fraction of sp³-hybridized carbons (Fsp3) is 0.200. The molecule has 1 rings (SSSR count). The van der Waals surface area contributed by atoms with E-state index in [0.29, 0.717) is 6.61 Å². The minimum absolute atomic E-state index is 0.179. The van der Waals surface area contributed by atoms with Gasteiger partial charge in [-0.2, -0.15) is 0 Å². The molecule has 0 saturated heterocycles. The van der Waals surface area contributed by atoms with Crippen LogP contribution in [0.5, 0.6) is 0 Å². The number of halogens is 1. The second-order valence-electron chi connectivity index (χ2n) is 2.45. The van der Waals surface area contributed by atoms with Gasteiger partial charge >= 0.3 is 0 Å². The summed E-state index contributed by atoms with van der Waals surface area (Å²) < 4.78 is 16.9. The maximum absolute atomic E-state index is 11.9. The molecule has 0 aromatic heterocycles. The fourth-order valence-corrected chi connectivity index (χ4v) is 0.798. The maximum atomic E-state index is 11.9. The first kappa shape index (κ1) is 8.78. The summed E-state index contributed by atoms with van der Waals surface area (Å²) in [4.78, 5) is 0. The van der Waals surface area contributed by atoms with Crippen LogP contribution in [0.3, 0.4) is 0 Å². The number of hydrogen-bond acceptors (Lipinski definition) is 1. The number of ether oxygens (including phenoxy) is 1. The molecular formula is C10H11FO. The van der Waals surface area contributed by atoms with Gasteiger partial charge in [0.25, 0.3) is 0 Å². The molecule has 0 fully saturated rings. The zero-order valence-corrected chi connectivity index (χ0v) is 6.79. The van der Waals surface area contributed by atoms with E-state index in [-0.39, 0.29) is 5.76 Å². The van der Waals surface area contributed by atoms with Gasteiger partial charge in [-0.1, -0.05) is 36.9 Å². The number of hydrogen-bond donors (Lipinski definition) is 0. The second kappa shape index (κ2) is 4.54. The lowest BCUT2D eigenvalue weighted by Crippen LogP contribution is -1.93. The molecule has 0 aliphatic rings. The molecule has 64 valence electrons. The van der Waals surface area contributed by atoms with Gasteiger partial charge in [0.15, 0.2) is 0 Å². The molecule has 0 N–H and O–H groups in total. The highest BCUT2D eigenvalue weighted by molar-refractivity contribution is 5.13. The van der Waals surface area contributed by atoms with Gasteiger partial charge in [0, 0.05) is 0 Å². The maximum Gasteiger partial charge on any atom is 0.146 e. The van der Waals surface area contributed by atoms with Gasteiger partial charge < -0.3 is 4.74 Å². The summed E-state index contributed by atoms with van der Waals surface area (Å²) in [5.41, 5.74) is 1.02. The van der Waals surface area contributed by atoms with E-state index >= 15 is 0 Å². The standard InChI is InChI=1S/C10H11FO/c1-9(7-11)12-8-10-5-3-2-4-6-10/h2-6H,1,7-8H2. The quantitative estimate of drug-likeness (QED) is 0.625. The average molecular weight is 166 g/mol. The highest BCUT2D eigenvalue weighted by Gasteiger charge is 1.94. The molecule has 0 radical (unpaired) electrons. The average Bonchev–Trinajstić information content (AvgIpc) is 2.16. The van der Waals surface area contributed by atoms with Crippen LogP contribution < -0.4 is 0 Å². The lowest BCUT2D eigenvalue weighted by Gasteiger charge is -2.04. The Labute approximate surface area is 71.5 Å². The Morgan fingerprint density at radius 1 is 1.33 bits per heavy atom. The molecule has 2 heteroatoms. The van der Waals surface area contributed by atoms with E-state index in [1.165, 1.54) is 0 Å². The van der Waals surface area contributed by atoms with Crippen LogP contribution in [0.4, 0.5) is 4.39 Å². The topological polar surface area (TPSA) is 9.23 Å². The third kappa shape index (κ3) is 2.74. The van der Waals surface area contributed by atoms with Gasteiger partial charge in [0.1, 0.15) is 19.0 Å². The zero-order valence-electron chi connectivity index (χ0n) is 6.79. The molecule has 0 saturated carbocycles. The van der Waals surface area contributed by atoms with Crippen LogP contribution in [0, 0.1) is 0 Å². The predicted octanol–water partition coefficient (Wildman–Crippen LogP) is 2.69. The van der Waals surface area contributed by atoms with Crippen molar-refractivity contribution < 1.29 is 9.13 Å². The normalized spacial score (nSPS) is 9.42. The molecule has 0 amide bonds. The molecule has 0 heterocycles. The summed E-state index contributed by atoms with van der Waals surface area (Å²) in [6.07, 6.45) is 0. The van der Waals surface area contributed by atoms with Crippen molar-refractivity contribution in [3.8, 4) is 0 Å². The Morgan fingerprint density at radius 2 is 2.00 bits per heavy atom. The van der Waals surface area contributed by atoms with E-state index in [2.05, 4.69) is 6.58 Å². The number of rotatable bonds is 4. The van der Waals surface area contributed by atoms with E-state index in [9.17, 15) is 4.39 Å². The summed E-state index contributed by atoms with van der Waals surface area (Å²) >= 11 is 0. The van der Waals surface area contributed by atoms with Gasteiger partial charge in [-0.15, -0.1) is 0 Å². The van der Waals surface area contributed by atoms with Crippen molar-refractivity contribution in [3.63, 3.8) is 0 Å². The van der Waals surface area contributed by atoms with Crippen molar-refractivity contribution in [2.75, 3.05) is 6.67 Å². The first-order valence-electron chi connectivity index (χ1n) is 3.73. The molecule has 0 unspecified atom stereocenters. The second-order valence-corrected chi connectivity index (χ2v) is 2.45. The van der Waals surface area contributed by atoms with Crippen molar-refractivity contribution in [1.82, 2.24) is 0 Å². The highest BCUT2D eigenvalue weighted by atomic mass is 19.1. The summed E-state index contributed by atoms with van der Waals surface area (Å²) in [7, 11) is 0. The van der Waals surface area contributed by atoms with Crippen LogP contribution in [0.15, 0.2) is 42.7 Å². The molecule has 12 heavy (non-hydrogen) atoms. The summed E-state index contributed by atoms with van der Waals surface area (Å²) in [5, 5.41) is 0. The largest absolute Gasteiger partial charge is 0.491 e. The molecule has 1 nitrogen and oxygen atoms in total. The molecular weight excluding hydrogens is 155 g/mol. The smallest absolute Gasteiger partial charge is 0.146 e. The predicted molar refractivity (Wildman–Crippen MR) is 46.3 cm³/mol. The Bertz CT molecular complexity index is 243. The van der Waals surface area contributed by atoms with E-state index < -0.39 is 6.67 Å². The molecule has 0 atom stereocenters. The summed E-state index contributed by atoms with van der Waals surface area (Å²) in [6, 6.07) is 9.60. The summed E-state index contributed by atoms with van der Waals surface area (Å²) in [6.45, 7) is 3.17. The minimum atomic E-state index is -0.618. The van der Waals surface area contributed by atoms with Gasteiger partial charge in [-0.25, -0.2) is 4.39 Å². The lowest BCUT2D eigenvalue weighted by atomic mass is 10.2. The summed E-state index contributed by atoms with van der Waals surface area (Å²) in [5.74, 6) is 0.179.